The summed E-state index contributed by atoms with van der Waals surface area (Å²) in [6.07, 6.45) is 4.21. The van der Waals surface area contributed by atoms with Crippen molar-refractivity contribution in [1.29, 1.82) is 0 Å². The quantitative estimate of drug-likeness (QED) is 0.0672. The van der Waals surface area contributed by atoms with Gasteiger partial charge in [-0.1, -0.05) is 46.4 Å². The number of allylic oxidation sites excluding steroid dienone is 1. The van der Waals surface area contributed by atoms with E-state index in [9.17, 15) is 19.2 Å². The number of benzene rings is 2. The second-order valence-electron chi connectivity index (χ2n) is 14.4. The molecule has 0 bridgehead atoms. The Hall–Kier alpha value is -4.67. The van der Waals surface area contributed by atoms with Crippen LogP contribution in [-0.2, 0) is 35.1 Å². The first kappa shape index (κ1) is 41.7. The van der Waals surface area contributed by atoms with Gasteiger partial charge >= 0.3 is 11.9 Å². The number of carbonyl (C=O) groups is 4. The minimum atomic E-state index is -1.34. The number of carbonyl (C=O) groups excluding carboxylic acids is 4. The number of ketones is 1. The van der Waals surface area contributed by atoms with Gasteiger partial charge in [-0.2, -0.15) is 0 Å². The fourth-order valence-corrected chi connectivity index (χ4v) is 5.52. The molecule has 2 atom stereocenters. The Morgan fingerprint density at radius 2 is 1.71 bits per heavy atom. The van der Waals surface area contributed by atoms with Crippen LogP contribution in [0.5, 0.6) is 17.2 Å². The van der Waals surface area contributed by atoms with Gasteiger partial charge in [0.05, 0.1) is 19.6 Å². The summed E-state index contributed by atoms with van der Waals surface area (Å²) >= 11 is 0. The van der Waals surface area contributed by atoms with Crippen LogP contribution in [0.4, 0.5) is 4.39 Å². The van der Waals surface area contributed by atoms with Crippen molar-refractivity contribution in [3.63, 3.8) is 0 Å². The van der Waals surface area contributed by atoms with Gasteiger partial charge in [0.15, 0.2) is 11.5 Å². The number of nitrogens with zero attached hydrogens (tertiary/aromatic N) is 1. The maximum absolute atomic E-state index is 15.1. The summed E-state index contributed by atoms with van der Waals surface area (Å²) in [7, 11) is 3.08. The molecule has 0 radical (unpaired) electrons. The number of aryl methyl sites for hydroxylation is 1. The number of halogens is 1. The molecule has 2 aromatic rings. The predicted octanol–water partition coefficient (Wildman–Crippen LogP) is 7.38. The highest BCUT2D eigenvalue weighted by molar-refractivity contribution is 6.38. The van der Waals surface area contributed by atoms with E-state index in [-0.39, 0.29) is 50.2 Å². The minimum absolute atomic E-state index is 0.136. The maximum atomic E-state index is 15.1. The molecule has 10 nitrogen and oxygen atoms in total. The molecule has 0 aromatic heterocycles. The van der Waals surface area contributed by atoms with E-state index in [1.165, 1.54) is 44.1 Å². The highest BCUT2D eigenvalue weighted by atomic mass is 19.1. The van der Waals surface area contributed by atoms with E-state index in [1.54, 1.807) is 25.3 Å². The fourth-order valence-electron chi connectivity index (χ4n) is 5.52. The Morgan fingerprint density at radius 1 is 1.00 bits per heavy atom. The summed E-state index contributed by atoms with van der Waals surface area (Å²) in [5, 5.41) is 0. The van der Waals surface area contributed by atoms with Crippen molar-refractivity contribution < 1.29 is 47.3 Å². The summed E-state index contributed by atoms with van der Waals surface area (Å²) in [5.41, 5.74) is 0.731. The molecule has 52 heavy (non-hydrogen) atoms. The number of Topliss-reactive ketones (excluding diaryl/α,β-unsaturated/α-hetero) is 1. The van der Waals surface area contributed by atoms with Crippen molar-refractivity contribution in [2.75, 3.05) is 34.0 Å². The number of likely N-dealkylation sites (tertiary alicyclic amines) is 1. The van der Waals surface area contributed by atoms with Crippen molar-refractivity contribution in [3.8, 4) is 17.2 Å². The van der Waals surface area contributed by atoms with Crippen LogP contribution in [0.15, 0.2) is 60.7 Å². The zero-order valence-electron chi connectivity index (χ0n) is 31.8. The van der Waals surface area contributed by atoms with Crippen molar-refractivity contribution in [2.24, 2.45) is 17.3 Å². The van der Waals surface area contributed by atoms with Gasteiger partial charge in [-0.15, -0.1) is 0 Å². The number of rotatable bonds is 18. The van der Waals surface area contributed by atoms with Crippen LogP contribution in [0.25, 0.3) is 0 Å². The number of hydrogen-bond donors (Lipinski definition) is 0. The minimum Gasteiger partial charge on any atom is -0.493 e. The normalized spacial score (nSPS) is 15.4. The van der Waals surface area contributed by atoms with E-state index < -0.39 is 47.0 Å². The molecule has 2 aromatic carbocycles. The number of methoxy groups -OCH3 is 2. The maximum Gasteiger partial charge on any atom is 0.330 e. The highest BCUT2D eigenvalue weighted by Crippen LogP contribution is 2.33. The van der Waals surface area contributed by atoms with Gasteiger partial charge in [0, 0.05) is 18.7 Å². The van der Waals surface area contributed by atoms with E-state index >= 15 is 4.39 Å². The Balaban J connectivity index is 1.87. The van der Waals surface area contributed by atoms with Gasteiger partial charge in [0.1, 0.15) is 36.9 Å². The SMILES string of the molecule is C=C(COc1cc(F)cc([C@@H](CCc2ccc(OC)c(OC)c2)OC(=O)[C@H]2CCCCN2C(=O)C(=O)C(C)(C)COC(=O)C=CC(C)C)c1)C(C)C. The van der Waals surface area contributed by atoms with Gasteiger partial charge in [-0.3, -0.25) is 9.59 Å². The molecule has 1 fully saturated rings. The molecule has 3 rings (SSSR count). The van der Waals surface area contributed by atoms with E-state index in [2.05, 4.69) is 6.58 Å². The lowest BCUT2D eigenvalue weighted by molar-refractivity contribution is -0.165. The summed E-state index contributed by atoms with van der Waals surface area (Å²) < 4.78 is 43.2. The van der Waals surface area contributed by atoms with E-state index in [1.807, 2.05) is 39.8 Å². The smallest absolute Gasteiger partial charge is 0.330 e. The van der Waals surface area contributed by atoms with Crippen LogP contribution in [0.3, 0.4) is 0 Å². The first-order valence-corrected chi connectivity index (χ1v) is 17.8. The van der Waals surface area contributed by atoms with E-state index in [0.717, 1.165) is 11.1 Å². The molecular formula is C41H54FNO9. The average molecular weight is 724 g/mol. The lowest BCUT2D eigenvalue weighted by Crippen LogP contribution is -2.53. The third kappa shape index (κ3) is 12.0. The van der Waals surface area contributed by atoms with Gasteiger partial charge in [0.25, 0.3) is 5.91 Å². The Kier molecular flexibility index (Phi) is 15.5. The summed E-state index contributed by atoms with van der Waals surface area (Å²) in [4.78, 5) is 54.6. The first-order chi connectivity index (χ1) is 24.6. The molecule has 1 heterocycles. The Bertz CT molecular complexity index is 1610. The van der Waals surface area contributed by atoms with Gasteiger partial charge in [-0.25, -0.2) is 14.0 Å². The van der Waals surface area contributed by atoms with Crippen molar-refractivity contribution >= 4 is 23.6 Å². The van der Waals surface area contributed by atoms with Crippen LogP contribution in [0.1, 0.15) is 84.5 Å². The summed E-state index contributed by atoms with van der Waals surface area (Å²) in [5.74, 6) is -1.88. The number of hydrogen-bond acceptors (Lipinski definition) is 9. The van der Waals surface area contributed by atoms with Gasteiger partial charge in [-0.05, 0) is 98.8 Å². The van der Waals surface area contributed by atoms with Gasteiger partial charge < -0.3 is 28.6 Å². The number of amides is 1. The number of esters is 2. The number of ether oxygens (including phenoxy) is 5. The van der Waals surface area contributed by atoms with Crippen LogP contribution in [0.2, 0.25) is 0 Å². The molecule has 284 valence electrons. The largest absolute Gasteiger partial charge is 0.493 e. The monoisotopic (exact) mass is 723 g/mol. The van der Waals surface area contributed by atoms with E-state index in [0.29, 0.717) is 36.3 Å². The zero-order chi connectivity index (χ0) is 38.6. The number of piperidine rings is 1. The third-order valence-corrected chi connectivity index (χ3v) is 8.94. The molecule has 0 aliphatic carbocycles. The van der Waals surface area contributed by atoms with Crippen molar-refractivity contribution in [3.05, 3.63) is 77.6 Å². The molecule has 1 saturated heterocycles. The standard InChI is InChI=1S/C41H54FNO9/c1-26(2)13-18-37(44)51-25-41(6,7)38(45)39(46)43-19-11-10-12-33(43)40(47)52-34(16-14-29-15-17-35(48-8)36(20-29)49-9)30-21-31(42)23-32(22-30)50-24-28(5)27(3)4/h13,15,17-18,20-23,26-27,33-34H,5,10-12,14,16,19,24-25H2,1-4,6-9H3/t33-,34-/m1/s1. The van der Waals surface area contributed by atoms with Crippen LogP contribution < -0.4 is 14.2 Å². The molecule has 0 saturated carbocycles. The molecule has 0 unspecified atom stereocenters. The molecule has 0 spiro atoms. The second-order valence-corrected chi connectivity index (χ2v) is 14.4. The fraction of sp³-hybridized carbons (Fsp3) is 0.512. The highest BCUT2D eigenvalue weighted by Gasteiger charge is 2.42. The zero-order valence-corrected chi connectivity index (χ0v) is 31.8. The average Bonchev–Trinajstić information content (AvgIpc) is 3.12. The van der Waals surface area contributed by atoms with Gasteiger partial charge in [0.2, 0.25) is 5.78 Å². The summed E-state index contributed by atoms with van der Waals surface area (Å²) in [6.45, 7) is 14.9. The molecule has 0 N–H and O–H groups in total. The summed E-state index contributed by atoms with van der Waals surface area (Å²) in [6, 6.07) is 8.61. The van der Waals surface area contributed by atoms with Crippen LogP contribution in [0, 0.1) is 23.1 Å². The lowest BCUT2D eigenvalue weighted by Gasteiger charge is -2.36. The van der Waals surface area contributed by atoms with Crippen molar-refractivity contribution in [1.82, 2.24) is 4.90 Å². The van der Waals surface area contributed by atoms with Crippen LogP contribution in [-0.4, -0.2) is 68.5 Å². The molecule has 1 amide bonds. The first-order valence-electron chi connectivity index (χ1n) is 17.8. The third-order valence-electron chi connectivity index (χ3n) is 8.94. The second kappa shape index (κ2) is 19.2. The molecule has 1 aliphatic rings. The van der Waals surface area contributed by atoms with Crippen molar-refractivity contribution in [2.45, 2.75) is 85.8 Å². The Labute approximate surface area is 307 Å². The van der Waals surface area contributed by atoms with Crippen LogP contribution >= 0.6 is 0 Å². The predicted molar refractivity (Wildman–Crippen MR) is 196 cm³/mol. The lowest BCUT2D eigenvalue weighted by atomic mass is 9.87. The molecule has 11 heteroatoms. The van der Waals surface area contributed by atoms with E-state index in [4.69, 9.17) is 23.7 Å². The molecule has 1 aliphatic heterocycles. The topological polar surface area (TPSA) is 118 Å². The Morgan fingerprint density at radius 3 is 2.37 bits per heavy atom. The molecular weight excluding hydrogens is 669 g/mol.